The van der Waals surface area contributed by atoms with Crippen LogP contribution in [0, 0.1) is 0 Å². The molecule has 0 atom stereocenters. The lowest BCUT2D eigenvalue weighted by atomic mass is 10.1. The maximum atomic E-state index is 9.08. The summed E-state index contributed by atoms with van der Waals surface area (Å²) in [6.07, 6.45) is 4.58. The molecule has 0 saturated carbocycles. The van der Waals surface area contributed by atoms with E-state index < -0.39 is 0 Å². The summed E-state index contributed by atoms with van der Waals surface area (Å²) in [7, 11) is 0. The van der Waals surface area contributed by atoms with Crippen molar-refractivity contribution in [1.82, 2.24) is 14.9 Å². The van der Waals surface area contributed by atoms with Gasteiger partial charge in [0, 0.05) is 31.7 Å². The standard InChI is InChI=1S/C14H26N6O/c1-2-4-12-13(18-15)16-11-17-14(12)20-6-3-5-19(7-8-20)9-10-21/h11,21H,2-10,15H2,1H3,(H,16,17,18). The van der Waals surface area contributed by atoms with Crippen molar-refractivity contribution in [2.24, 2.45) is 5.84 Å². The highest BCUT2D eigenvalue weighted by Gasteiger charge is 2.20. The zero-order chi connectivity index (χ0) is 15.1. The Morgan fingerprint density at radius 3 is 2.86 bits per heavy atom. The highest BCUT2D eigenvalue weighted by Crippen LogP contribution is 2.25. The van der Waals surface area contributed by atoms with Crippen LogP contribution in [0.2, 0.25) is 0 Å². The molecule has 0 spiro atoms. The lowest BCUT2D eigenvalue weighted by molar-refractivity contribution is 0.204. The summed E-state index contributed by atoms with van der Waals surface area (Å²) in [5, 5.41) is 9.08. The van der Waals surface area contributed by atoms with Crippen molar-refractivity contribution in [1.29, 1.82) is 0 Å². The Kier molecular flexibility index (Phi) is 6.16. The number of aliphatic hydroxyl groups is 1. The highest BCUT2D eigenvalue weighted by molar-refractivity contribution is 5.58. The van der Waals surface area contributed by atoms with Crippen LogP contribution in [0.5, 0.6) is 0 Å². The predicted octanol–water partition coefficient (Wildman–Crippen LogP) is 0.219. The van der Waals surface area contributed by atoms with Crippen LogP contribution in [0.25, 0.3) is 0 Å². The Balaban J connectivity index is 2.17. The Bertz CT molecular complexity index is 441. The van der Waals surface area contributed by atoms with Crippen molar-refractivity contribution in [2.45, 2.75) is 26.2 Å². The molecule has 0 amide bonds. The van der Waals surface area contributed by atoms with E-state index in [9.17, 15) is 0 Å². The zero-order valence-corrected chi connectivity index (χ0v) is 12.8. The SMILES string of the molecule is CCCc1c(NN)ncnc1N1CCCN(CCO)CC1. The van der Waals surface area contributed by atoms with Crippen LogP contribution in [0.3, 0.4) is 0 Å². The van der Waals surface area contributed by atoms with Gasteiger partial charge in [0.15, 0.2) is 0 Å². The van der Waals surface area contributed by atoms with E-state index in [1.165, 1.54) is 0 Å². The van der Waals surface area contributed by atoms with E-state index >= 15 is 0 Å². The second kappa shape index (κ2) is 8.11. The van der Waals surface area contributed by atoms with Crippen molar-refractivity contribution in [3.05, 3.63) is 11.9 Å². The van der Waals surface area contributed by atoms with Gasteiger partial charge in [-0.25, -0.2) is 15.8 Å². The molecule has 118 valence electrons. The number of aliphatic hydroxyl groups excluding tert-OH is 1. The number of hydrazine groups is 1. The van der Waals surface area contributed by atoms with E-state index in [0.717, 1.165) is 69.2 Å². The van der Waals surface area contributed by atoms with E-state index in [-0.39, 0.29) is 6.61 Å². The monoisotopic (exact) mass is 294 g/mol. The maximum Gasteiger partial charge on any atom is 0.148 e. The number of nitrogens with two attached hydrogens (primary N) is 1. The Labute approximate surface area is 126 Å². The van der Waals surface area contributed by atoms with Crippen LogP contribution >= 0.6 is 0 Å². The predicted molar refractivity (Wildman–Crippen MR) is 84.2 cm³/mol. The van der Waals surface area contributed by atoms with Crippen molar-refractivity contribution in [3.8, 4) is 0 Å². The first kappa shape index (κ1) is 15.9. The molecule has 1 aromatic heterocycles. The number of anilines is 2. The maximum absolute atomic E-state index is 9.08. The summed E-state index contributed by atoms with van der Waals surface area (Å²) in [6, 6.07) is 0. The van der Waals surface area contributed by atoms with Gasteiger partial charge in [0.1, 0.15) is 18.0 Å². The van der Waals surface area contributed by atoms with Gasteiger partial charge in [0.2, 0.25) is 0 Å². The normalized spacial score (nSPS) is 16.8. The van der Waals surface area contributed by atoms with Crippen molar-refractivity contribution in [3.63, 3.8) is 0 Å². The summed E-state index contributed by atoms with van der Waals surface area (Å²) in [4.78, 5) is 13.3. The van der Waals surface area contributed by atoms with Crippen LogP contribution in [0.15, 0.2) is 6.33 Å². The summed E-state index contributed by atoms with van der Waals surface area (Å²) < 4.78 is 0. The summed E-state index contributed by atoms with van der Waals surface area (Å²) >= 11 is 0. The number of nitrogens with zero attached hydrogens (tertiary/aromatic N) is 4. The van der Waals surface area contributed by atoms with Gasteiger partial charge in [0.05, 0.1) is 6.61 Å². The van der Waals surface area contributed by atoms with Crippen LogP contribution in [0.4, 0.5) is 11.6 Å². The Morgan fingerprint density at radius 1 is 1.29 bits per heavy atom. The fourth-order valence-electron chi connectivity index (χ4n) is 2.83. The fraction of sp³-hybridized carbons (Fsp3) is 0.714. The number of rotatable bonds is 6. The minimum absolute atomic E-state index is 0.218. The first-order valence-electron chi connectivity index (χ1n) is 7.68. The van der Waals surface area contributed by atoms with Crippen LogP contribution < -0.4 is 16.2 Å². The summed E-state index contributed by atoms with van der Waals surface area (Å²) in [6.45, 7) is 6.96. The first-order valence-corrected chi connectivity index (χ1v) is 7.68. The van der Waals surface area contributed by atoms with Gasteiger partial charge in [-0.3, -0.25) is 4.90 Å². The molecular weight excluding hydrogens is 268 g/mol. The fourth-order valence-corrected chi connectivity index (χ4v) is 2.83. The molecule has 0 unspecified atom stereocenters. The number of nitrogen functional groups attached to an aromatic ring is 1. The molecule has 0 bridgehead atoms. The van der Waals surface area contributed by atoms with Crippen molar-refractivity contribution >= 4 is 11.6 Å². The van der Waals surface area contributed by atoms with E-state index in [1.807, 2.05) is 0 Å². The highest BCUT2D eigenvalue weighted by atomic mass is 16.3. The van der Waals surface area contributed by atoms with Gasteiger partial charge in [-0.2, -0.15) is 0 Å². The van der Waals surface area contributed by atoms with Gasteiger partial charge in [-0.05, 0) is 19.4 Å². The lowest BCUT2D eigenvalue weighted by Crippen LogP contribution is -2.33. The third kappa shape index (κ3) is 4.03. The molecule has 2 rings (SSSR count). The third-order valence-corrected chi connectivity index (χ3v) is 3.86. The average Bonchev–Trinajstić information content (AvgIpc) is 2.74. The van der Waals surface area contributed by atoms with Crippen molar-refractivity contribution < 1.29 is 5.11 Å². The number of aromatic nitrogens is 2. The van der Waals surface area contributed by atoms with Gasteiger partial charge in [0.25, 0.3) is 0 Å². The molecule has 2 heterocycles. The number of nitrogens with one attached hydrogen (secondary N) is 1. The van der Waals surface area contributed by atoms with E-state index in [1.54, 1.807) is 6.33 Å². The molecule has 1 saturated heterocycles. The summed E-state index contributed by atoms with van der Waals surface area (Å²) in [5.41, 5.74) is 3.78. The van der Waals surface area contributed by atoms with Gasteiger partial charge >= 0.3 is 0 Å². The molecule has 1 aliphatic rings. The number of hydrogen-bond donors (Lipinski definition) is 3. The van der Waals surface area contributed by atoms with Gasteiger partial charge < -0.3 is 15.4 Å². The second-order valence-corrected chi connectivity index (χ2v) is 5.32. The van der Waals surface area contributed by atoms with Crippen LogP contribution in [0.1, 0.15) is 25.3 Å². The Morgan fingerprint density at radius 2 is 2.14 bits per heavy atom. The largest absolute Gasteiger partial charge is 0.395 e. The topological polar surface area (TPSA) is 90.5 Å². The second-order valence-electron chi connectivity index (χ2n) is 5.32. The molecule has 4 N–H and O–H groups in total. The smallest absolute Gasteiger partial charge is 0.148 e. The molecule has 1 fully saturated rings. The lowest BCUT2D eigenvalue weighted by Gasteiger charge is -2.25. The molecular formula is C14H26N6O. The van der Waals surface area contributed by atoms with Crippen molar-refractivity contribution in [2.75, 3.05) is 49.7 Å². The van der Waals surface area contributed by atoms with Crippen LogP contribution in [-0.2, 0) is 6.42 Å². The number of β-amino-alcohol motifs (C(OH)–C–C–N with tert-alkyl or cyclic N) is 1. The average molecular weight is 294 g/mol. The minimum atomic E-state index is 0.218. The molecule has 0 aromatic carbocycles. The molecule has 7 nitrogen and oxygen atoms in total. The van der Waals surface area contributed by atoms with Gasteiger partial charge in [-0.1, -0.05) is 13.3 Å². The molecule has 7 heteroatoms. The molecule has 21 heavy (non-hydrogen) atoms. The molecule has 1 aromatic rings. The summed E-state index contributed by atoms with van der Waals surface area (Å²) in [5.74, 6) is 7.29. The minimum Gasteiger partial charge on any atom is -0.395 e. The third-order valence-electron chi connectivity index (χ3n) is 3.86. The zero-order valence-electron chi connectivity index (χ0n) is 12.8. The molecule has 0 radical (unpaired) electrons. The molecule has 1 aliphatic heterocycles. The quantitative estimate of drug-likeness (QED) is 0.510. The van der Waals surface area contributed by atoms with Crippen LogP contribution in [-0.4, -0.2) is 59.3 Å². The Hall–Kier alpha value is -1.44. The van der Waals surface area contributed by atoms with Gasteiger partial charge in [-0.15, -0.1) is 0 Å². The molecule has 0 aliphatic carbocycles. The van der Waals surface area contributed by atoms with E-state index in [2.05, 4.69) is 32.1 Å². The number of hydrogen-bond acceptors (Lipinski definition) is 7. The first-order chi connectivity index (χ1) is 10.3. The van der Waals surface area contributed by atoms with E-state index in [0.29, 0.717) is 0 Å². The van der Waals surface area contributed by atoms with E-state index in [4.69, 9.17) is 10.9 Å².